The molecule has 0 aliphatic rings. The SMILES string of the molecule is O=C(O)c1nc(Cl)c(Cl)c(N=Cc2ccco2)c1Cl. The third kappa shape index (κ3) is 2.89. The summed E-state index contributed by atoms with van der Waals surface area (Å²) in [5.74, 6) is -0.866. The van der Waals surface area contributed by atoms with E-state index in [2.05, 4.69) is 9.98 Å². The van der Waals surface area contributed by atoms with Crippen molar-refractivity contribution in [2.45, 2.75) is 0 Å². The number of carboxylic acid groups (broad SMARTS) is 1. The largest absolute Gasteiger partial charge is 0.476 e. The van der Waals surface area contributed by atoms with Gasteiger partial charge in [0, 0.05) is 0 Å². The van der Waals surface area contributed by atoms with Gasteiger partial charge >= 0.3 is 5.97 Å². The number of rotatable bonds is 3. The number of aromatic nitrogens is 1. The molecule has 0 spiro atoms. The Labute approximate surface area is 122 Å². The fourth-order valence-electron chi connectivity index (χ4n) is 1.25. The van der Waals surface area contributed by atoms with E-state index in [4.69, 9.17) is 44.3 Å². The number of pyridine rings is 1. The summed E-state index contributed by atoms with van der Waals surface area (Å²) >= 11 is 17.5. The molecule has 98 valence electrons. The maximum Gasteiger partial charge on any atom is 0.356 e. The highest BCUT2D eigenvalue weighted by Gasteiger charge is 2.20. The Morgan fingerprint density at radius 2 is 2.11 bits per heavy atom. The summed E-state index contributed by atoms with van der Waals surface area (Å²) < 4.78 is 5.04. The maximum absolute atomic E-state index is 11.0. The molecule has 1 N–H and O–H groups in total. The van der Waals surface area contributed by atoms with Gasteiger partial charge in [-0.25, -0.2) is 14.8 Å². The van der Waals surface area contributed by atoms with Crippen LogP contribution in [0.5, 0.6) is 0 Å². The molecule has 0 aromatic carbocycles. The second-order valence-corrected chi connectivity index (χ2v) is 4.42. The quantitative estimate of drug-likeness (QED) is 0.683. The van der Waals surface area contributed by atoms with Crippen molar-refractivity contribution >= 4 is 52.7 Å². The first-order valence-electron chi connectivity index (χ1n) is 4.86. The van der Waals surface area contributed by atoms with Crippen LogP contribution in [0.4, 0.5) is 5.69 Å². The summed E-state index contributed by atoms with van der Waals surface area (Å²) in [5.41, 5.74) is -0.389. The van der Waals surface area contributed by atoms with E-state index in [1.807, 2.05) is 0 Å². The first kappa shape index (κ1) is 13.9. The monoisotopic (exact) mass is 318 g/mol. The van der Waals surface area contributed by atoms with Crippen molar-refractivity contribution in [2.24, 2.45) is 4.99 Å². The van der Waals surface area contributed by atoms with Crippen LogP contribution < -0.4 is 0 Å². The predicted molar refractivity (Wildman–Crippen MR) is 72.2 cm³/mol. The van der Waals surface area contributed by atoms with Crippen LogP contribution in [-0.4, -0.2) is 22.3 Å². The minimum absolute atomic E-state index is 0.0251. The Kier molecular flexibility index (Phi) is 4.09. The lowest BCUT2D eigenvalue weighted by Crippen LogP contribution is -2.02. The average molecular weight is 320 g/mol. The predicted octanol–water partition coefficient (Wildman–Crippen LogP) is 4.08. The molecule has 0 bridgehead atoms. The minimum Gasteiger partial charge on any atom is -0.476 e. The molecule has 0 saturated carbocycles. The van der Waals surface area contributed by atoms with E-state index in [0.29, 0.717) is 5.76 Å². The summed E-state index contributed by atoms with van der Waals surface area (Å²) in [6.45, 7) is 0. The van der Waals surface area contributed by atoms with Gasteiger partial charge in [0.05, 0.1) is 12.5 Å². The molecule has 5 nitrogen and oxygen atoms in total. The van der Waals surface area contributed by atoms with E-state index in [1.54, 1.807) is 12.1 Å². The van der Waals surface area contributed by atoms with Crippen molar-refractivity contribution in [1.29, 1.82) is 0 Å². The van der Waals surface area contributed by atoms with E-state index in [0.717, 1.165) is 0 Å². The second kappa shape index (κ2) is 5.61. The number of hydrogen-bond donors (Lipinski definition) is 1. The molecular formula is C11H5Cl3N2O3. The summed E-state index contributed by atoms with van der Waals surface area (Å²) in [6.07, 6.45) is 2.81. The Balaban J connectivity index is 2.53. The normalized spacial score (nSPS) is 11.1. The second-order valence-electron chi connectivity index (χ2n) is 3.31. The van der Waals surface area contributed by atoms with Gasteiger partial charge in [0.2, 0.25) is 0 Å². The summed E-state index contributed by atoms with van der Waals surface area (Å²) in [5, 5.41) is 8.54. The first-order valence-corrected chi connectivity index (χ1v) is 5.99. The van der Waals surface area contributed by atoms with Gasteiger partial charge in [0.1, 0.15) is 21.5 Å². The highest BCUT2D eigenvalue weighted by Crippen LogP contribution is 2.38. The Hall–Kier alpha value is -1.56. The molecule has 2 aromatic rings. The van der Waals surface area contributed by atoms with Crippen molar-refractivity contribution < 1.29 is 14.3 Å². The van der Waals surface area contributed by atoms with Crippen LogP contribution in [-0.2, 0) is 0 Å². The smallest absolute Gasteiger partial charge is 0.356 e. The Morgan fingerprint density at radius 3 is 2.68 bits per heavy atom. The van der Waals surface area contributed by atoms with E-state index < -0.39 is 11.7 Å². The van der Waals surface area contributed by atoms with Crippen LogP contribution >= 0.6 is 34.8 Å². The Bertz CT molecular complexity index is 654. The van der Waals surface area contributed by atoms with Crippen molar-refractivity contribution in [3.63, 3.8) is 0 Å². The lowest BCUT2D eigenvalue weighted by atomic mass is 10.3. The van der Waals surface area contributed by atoms with Crippen LogP contribution in [0.1, 0.15) is 16.2 Å². The van der Waals surface area contributed by atoms with Crippen molar-refractivity contribution in [3.8, 4) is 0 Å². The fourth-order valence-corrected chi connectivity index (χ4v) is 1.92. The zero-order chi connectivity index (χ0) is 14.0. The maximum atomic E-state index is 11.0. The molecule has 0 aliphatic carbocycles. The molecule has 2 aromatic heterocycles. The van der Waals surface area contributed by atoms with Gasteiger partial charge in [0.25, 0.3) is 0 Å². The number of hydrogen-bond acceptors (Lipinski definition) is 4. The highest BCUT2D eigenvalue weighted by molar-refractivity contribution is 6.46. The molecule has 0 radical (unpaired) electrons. The van der Waals surface area contributed by atoms with Gasteiger partial charge in [-0.05, 0) is 12.1 Å². The average Bonchev–Trinajstić information content (AvgIpc) is 2.86. The van der Waals surface area contributed by atoms with E-state index >= 15 is 0 Å². The minimum atomic E-state index is -1.32. The van der Waals surface area contributed by atoms with Crippen LogP contribution in [0, 0.1) is 0 Å². The summed E-state index contributed by atoms with van der Waals surface area (Å²) in [7, 11) is 0. The highest BCUT2D eigenvalue weighted by atomic mass is 35.5. The lowest BCUT2D eigenvalue weighted by Gasteiger charge is -2.05. The summed E-state index contributed by atoms with van der Waals surface area (Å²) in [4.78, 5) is 18.5. The topological polar surface area (TPSA) is 75.7 Å². The molecular weight excluding hydrogens is 314 g/mol. The van der Waals surface area contributed by atoms with Gasteiger partial charge in [0.15, 0.2) is 10.8 Å². The van der Waals surface area contributed by atoms with Crippen LogP contribution in [0.25, 0.3) is 0 Å². The number of carboxylic acids is 1. The molecule has 19 heavy (non-hydrogen) atoms. The number of halogens is 3. The lowest BCUT2D eigenvalue weighted by molar-refractivity contribution is 0.0691. The van der Waals surface area contributed by atoms with Gasteiger partial charge < -0.3 is 9.52 Å². The number of aliphatic imine (C=N–C) groups is 1. The van der Waals surface area contributed by atoms with Crippen LogP contribution in [0.2, 0.25) is 15.2 Å². The van der Waals surface area contributed by atoms with E-state index in [9.17, 15) is 4.79 Å². The molecule has 0 fully saturated rings. The molecule has 0 saturated heterocycles. The van der Waals surface area contributed by atoms with Crippen LogP contribution in [0.15, 0.2) is 27.8 Å². The Morgan fingerprint density at radius 1 is 1.37 bits per heavy atom. The van der Waals surface area contributed by atoms with Gasteiger partial charge in [-0.3, -0.25) is 0 Å². The van der Waals surface area contributed by atoms with Crippen LogP contribution in [0.3, 0.4) is 0 Å². The van der Waals surface area contributed by atoms with Crippen molar-refractivity contribution in [1.82, 2.24) is 4.98 Å². The molecule has 0 aliphatic heterocycles. The fraction of sp³-hybridized carbons (Fsp3) is 0. The number of furan rings is 1. The zero-order valence-corrected chi connectivity index (χ0v) is 11.4. The number of nitrogens with zero attached hydrogens (tertiary/aromatic N) is 2. The zero-order valence-electron chi connectivity index (χ0n) is 9.10. The molecule has 0 unspecified atom stereocenters. The van der Waals surface area contributed by atoms with Crippen molar-refractivity contribution in [2.75, 3.05) is 0 Å². The number of carbonyl (C=O) groups is 1. The molecule has 0 amide bonds. The van der Waals surface area contributed by atoms with E-state index in [1.165, 1.54) is 12.5 Å². The summed E-state index contributed by atoms with van der Waals surface area (Å²) in [6, 6.07) is 3.33. The van der Waals surface area contributed by atoms with E-state index in [-0.39, 0.29) is 20.9 Å². The first-order chi connectivity index (χ1) is 9.00. The molecule has 2 rings (SSSR count). The number of aromatic carboxylic acids is 1. The molecule has 8 heteroatoms. The standard InChI is InChI=1S/C11H5Cl3N2O3/c12-6-8(15-4-5-2-1-3-19-5)7(13)10(14)16-9(6)11(17)18/h1-4H,(H,17,18). The third-order valence-corrected chi connectivity index (χ3v) is 3.17. The molecule has 2 heterocycles. The third-order valence-electron chi connectivity index (χ3n) is 2.08. The van der Waals surface area contributed by atoms with Crippen molar-refractivity contribution in [3.05, 3.63) is 45.0 Å². The van der Waals surface area contributed by atoms with Gasteiger partial charge in [-0.2, -0.15) is 0 Å². The van der Waals surface area contributed by atoms with Gasteiger partial charge in [-0.15, -0.1) is 0 Å². The molecule has 0 atom stereocenters. The van der Waals surface area contributed by atoms with Gasteiger partial charge in [-0.1, -0.05) is 34.8 Å².